The summed E-state index contributed by atoms with van der Waals surface area (Å²) in [6.45, 7) is 5.16. The lowest BCUT2D eigenvalue weighted by Crippen LogP contribution is -2.25. The van der Waals surface area contributed by atoms with Crippen molar-refractivity contribution in [1.29, 1.82) is 0 Å². The Labute approximate surface area is 153 Å². The van der Waals surface area contributed by atoms with Crippen LogP contribution in [0.2, 0.25) is 0 Å². The van der Waals surface area contributed by atoms with Crippen LogP contribution in [0.25, 0.3) is 0 Å². The summed E-state index contributed by atoms with van der Waals surface area (Å²) in [4.78, 5) is 36.1. The fourth-order valence-electron chi connectivity index (χ4n) is 2.29. The van der Waals surface area contributed by atoms with E-state index in [-0.39, 0.29) is 24.0 Å². The third kappa shape index (κ3) is 5.55. The highest BCUT2D eigenvalue weighted by molar-refractivity contribution is 6.01. The molecule has 26 heavy (non-hydrogen) atoms. The summed E-state index contributed by atoms with van der Waals surface area (Å²) < 4.78 is 5.24. The minimum Gasteiger partial charge on any atom is -0.454 e. The maximum atomic E-state index is 12.4. The molecule has 136 valence electrons. The molecule has 5 heteroatoms. The second kappa shape index (κ2) is 8.94. The SMILES string of the molecule is CC(C)C(=O)Nc1ccc(C(=O)C(C)OC(=O)Cc2ccccc2)cc1. The van der Waals surface area contributed by atoms with E-state index in [9.17, 15) is 14.4 Å². The number of ketones is 1. The van der Waals surface area contributed by atoms with Crippen LogP contribution in [0.5, 0.6) is 0 Å². The lowest BCUT2D eigenvalue weighted by atomic mass is 10.1. The van der Waals surface area contributed by atoms with Crippen LogP contribution in [-0.2, 0) is 20.7 Å². The van der Waals surface area contributed by atoms with Crippen molar-refractivity contribution in [1.82, 2.24) is 0 Å². The number of anilines is 1. The summed E-state index contributed by atoms with van der Waals surface area (Å²) in [7, 11) is 0. The van der Waals surface area contributed by atoms with Crippen LogP contribution in [0, 0.1) is 5.92 Å². The van der Waals surface area contributed by atoms with Gasteiger partial charge in [-0.3, -0.25) is 14.4 Å². The lowest BCUT2D eigenvalue weighted by Gasteiger charge is -2.13. The highest BCUT2D eigenvalue weighted by Gasteiger charge is 2.19. The molecule has 0 aromatic heterocycles. The molecule has 0 aliphatic carbocycles. The average Bonchev–Trinajstić information content (AvgIpc) is 2.62. The lowest BCUT2D eigenvalue weighted by molar-refractivity contribution is -0.145. The molecule has 1 N–H and O–H groups in total. The van der Waals surface area contributed by atoms with E-state index < -0.39 is 12.1 Å². The van der Waals surface area contributed by atoms with Crippen molar-refractivity contribution in [2.75, 3.05) is 5.32 Å². The van der Waals surface area contributed by atoms with Gasteiger partial charge >= 0.3 is 5.97 Å². The van der Waals surface area contributed by atoms with E-state index in [1.807, 2.05) is 30.3 Å². The van der Waals surface area contributed by atoms with Gasteiger partial charge in [0.2, 0.25) is 11.7 Å². The summed E-state index contributed by atoms with van der Waals surface area (Å²) in [6.07, 6.45) is -0.749. The van der Waals surface area contributed by atoms with E-state index in [1.165, 1.54) is 0 Å². The Morgan fingerprint density at radius 2 is 1.54 bits per heavy atom. The van der Waals surface area contributed by atoms with Gasteiger partial charge in [-0.25, -0.2) is 0 Å². The van der Waals surface area contributed by atoms with Crippen LogP contribution < -0.4 is 5.32 Å². The molecule has 0 radical (unpaired) electrons. The molecule has 0 saturated carbocycles. The number of hydrogen-bond donors (Lipinski definition) is 1. The Balaban J connectivity index is 1.93. The van der Waals surface area contributed by atoms with Gasteiger partial charge in [0.15, 0.2) is 6.10 Å². The fraction of sp³-hybridized carbons (Fsp3) is 0.286. The molecule has 0 heterocycles. The molecule has 2 aromatic carbocycles. The van der Waals surface area contributed by atoms with Crippen LogP contribution in [0.3, 0.4) is 0 Å². The van der Waals surface area contributed by atoms with Gasteiger partial charge in [0.1, 0.15) is 0 Å². The van der Waals surface area contributed by atoms with Crippen LogP contribution >= 0.6 is 0 Å². The van der Waals surface area contributed by atoms with Crippen molar-refractivity contribution in [2.24, 2.45) is 5.92 Å². The van der Waals surface area contributed by atoms with Gasteiger partial charge in [0.05, 0.1) is 6.42 Å². The van der Waals surface area contributed by atoms with Crippen molar-refractivity contribution in [3.05, 3.63) is 65.7 Å². The summed E-state index contributed by atoms with van der Waals surface area (Å²) in [5.41, 5.74) is 1.88. The normalized spacial score (nSPS) is 11.7. The van der Waals surface area contributed by atoms with E-state index in [0.29, 0.717) is 11.3 Å². The second-order valence-corrected chi connectivity index (χ2v) is 6.38. The number of Topliss-reactive ketones (excluding diaryl/α,β-unsaturated/α-hetero) is 1. The minimum atomic E-state index is -0.873. The monoisotopic (exact) mass is 353 g/mol. The third-order valence-electron chi connectivity index (χ3n) is 3.83. The number of hydrogen-bond acceptors (Lipinski definition) is 4. The van der Waals surface area contributed by atoms with Gasteiger partial charge in [-0.15, -0.1) is 0 Å². The highest BCUT2D eigenvalue weighted by Crippen LogP contribution is 2.14. The van der Waals surface area contributed by atoms with Gasteiger partial charge in [-0.2, -0.15) is 0 Å². The average molecular weight is 353 g/mol. The quantitative estimate of drug-likeness (QED) is 0.609. The first-order valence-electron chi connectivity index (χ1n) is 8.55. The van der Waals surface area contributed by atoms with Gasteiger partial charge in [0.25, 0.3) is 0 Å². The largest absolute Gasteiger partial charge is 0.454 e. The first-order chi connectivity index (χ1) is 12.4. The molecule has 0 bridgehead atoms. The number of esters is 1. The van der Waals surface area contributed by atoms with Crippen LogP contribution in [0.15, 0.2) is 54.6 Å². The Hall–Kier alpha value is -2.95. The van der Waals surface area contributed by atoms with Crippen molar-refractivity contribution in [3.63, 3.8) is 0 Å². The van der Waals surface area contributed by atoms with Gasteiger partial charge in [0, 0.05) is 17.2 Å². The molecule has 1 amide bonds. The maximum absolute atomic E-state index is 12.4. The van der Waals surface area contributed by atoms with Gasteiger partial charge in [-0.05, 0) is 36.8 Å². The Bertz CT molecular complexity index is 766. The Kier molecular flexibility index (Phi) is 6.67. The Morgan fingerprint density at radius 3 is 2.12 bits per heavy atom. The van der Waals surface area contributed by atoms with E-state index in [0.717, 1.165) is 5.56 Å². The molecule has 1 atom stereocenters. The van der Waals surface area contributed by atoms with Gasteiger partial charge in [-0.1, -0.05) is 44.2 Å². The molecule has 0 spiro atoms. The summed E-state index contributed by atoms with van der Waals surface area (Å²) in [6, 6.07) is 15.8. The number of benzene rings is 2. The predicted octanol–water partition coefficient (Wildman–Crippen LogP) is 3.64. The number of carbonyl (C=O) groups is 3. The molecule has 2 rings (SSSR count). The summed E-state index contributed by atoms with van der Waals surface area (Å²) >= 11 is 0. The predicted molar refractivity (Wildman–Crippen MR) is 99.9 cm³/mol. The summed E-state index contributed by atoms with van der Waals surface area (Å²) in [5.74, 6) is -0.946. The summed E-state index contributed by atoms with van der Waals surface area (Å²) in [5, 5.41) is 2.76. The first-order valence-corrected chi connectivity index (χ1v) is 8.55. The number of rotatable bonds is 7. The van der Waals surface area contributed by atoms with Crippen LogP contribution in [0.1, 0.15) is 36.7 Å². The molecule has 2 aromatic rings. The molecular weight excluding hydrogens is 330 g/mol. The first kappa shape index (κ1) is 19.4. The van der Waals surface area contributed by atoms with Crippen LogP contribution in [-0.4, -0.2) is 23.8 Å². The highest BCUT2D eigenvalue weighted by atomic mass is 16.5. The minimum absolute atomic E-state index is 0.0905. The van der Waals surface area contributed by atoms with Crippen molar-refractivity contribution >= 4 is 23.3 Å². The van der Waals surface area contributed by atoms with E-state index in [2.05, 4.69) is 5.32 Å². The molecule has 0 aliphatic heterocycles. The van der Waals surface area contributed by atoms with Gasteiger partial charge < -0.3 is 10.1 Å². The van der Waals surface area contributed by atoms with Crippen molar-refractivity contribution < 1.29 is 19.1 Å². The molecule has 0 saturated heterocycles. The van der Waals surface area contributed by atoms with Crippen molar-refractivity contribution in [2.45, 2.75) is 33.3 Å². The van der Waals surface area contributed by atoms with Crippen LogP contribution in [0.4, 0.5) is 5.69 Å². The number of nitrogens with one attached hydrogen (secondary N) is 1. The molecule has 0 aliphatic rings. The topological polar surface area (TPSA) is 72.5 Å². The number of carbonyl (C=O) groups excluding carboxylic acids is 3. The third-order valence-corrected chi connectivity index (χ3v) is 3.83. The molecule has 1 unspecified atom stereocenters. The molecular formula is C21H23NO4. The van der Waals surface area contributed by atoms with E-state index >= 15 is 0 Å². The standard InChI is InChI=1S/C21H23NO4/c1-14(2)21(25)22-18-11-9-17(10-12-18)20(24)15(3)26-19(23)13-16-7-5-4-6-8-16/h4-12,14-15H,13H2,1-3H3,(H,22,25). The zero-order chi connectivity index (χ0) is 19.1. The number of ether oxygens (including phenoxy) is 1. The number of amides is 1. The van der Waals surface area contributed by atoms with E-state index in [4.69, 9.17) is 4.74 Å². The Morgan fingerprint density at radius 1 is 0.923 bits per heavy atom. The van der Waals surface area contributed by atoms with Crippen molar-refractivity contribution in [3.8, 4) is 0 Å². The zero-order valence-corrected chi connectivity index (χ0v) is 15.2. The maximum Gasteiger partial charge on any atom is 0.310 e. The smallest absolute Gasteiger partial charge is 0.310 e. The molecule has 0 fully saturated rings. The van der Waals surface area contributed by atoms with E-state index in [1.54, 1.807) is 45.0 Å². The fourth-order valence-corrected chi connectivity index (χ4v) is 2.29. The molecule has 5 nitrogen and oxygen atoms in total. The zero-order valence-electron chi connectivity index (χ0n) is 15.2. The second-order valence-electron chi connectivity index (χ2n) is 6.38.